The monoisotopic (exact) mass is 299 g/mol. The topological polar surface area (TPSA) is 36.4 Å². The number of carbonyl (C=O) groups is 1. The first-order valence-electron chi connectivity index (χ1n) is 8.85. The molecule has 1 amide bonds. The lowest BCUT2D eigenvalue weighted by Gasteiger charge is -2.39. The molecule has 22 heavy (non-hydrogen) atoms. The normalized spacial score (nSPS) is 24.5. The Labute approximate surface area is 132 Å². The highest BCUT2D eigenvalue weighted by atomic mass is 16.2. The van der Waals surface area contributed by atoms with E-state index in [0.29, 0.717) is 18.4 Å². The van der Waals surface area contributed by atoms with E-state index < -0.39 is 0 Å². The standard InChI is InChI=1S/C18H25N3O/c22-17(10-9-14-5-1-2-6-14)21-13-15-7-4-12-20(15)18-16(21)8-3-11-19-18/h3,8,11,14-15H,1-2,4-7,9-10,12-13H2/t15-/m0/s1. The molecule has 118 valence electrons. The molecule has 4 rings (SSSR count). The first-order valence-corrected chi connectivity index (χ1v) is 8.85. The van der Waals surface area contributed by atoms with Crippen molar-refractivity contribution >= 4 is 17.4 Å². The second-order valence-corrected chi connectivity index (χ2v) is 7.03. The van der Waals surface area contributed by atoms with Crippen LogP contribution in [-0.2, 0) is 4.79 Å². The lowest BCUT2D eigenvalue weighted by Crippen LogP contribution is -2.48. The van der Waals surface area contributed by atoms with E-state index in [1.54, 1.807) is 0 Å². The molecule has 1 aromatic heterocycles. The van der Waals surface area contributed by atoms with Gasteiger partial charge in [-0.1, -0.05) is 25.7 Å². The van der Waals surface area contributed by atoms with Gasteiger partial charge in [0.05, 0.1) is 5.69 Å². The fourth-order valence-electron chi connectivity index (χ4n) is 4.43. The van der Waals surface area contributed by atoms with Gasteiger partial charge in [-0.05, 0) is 37.3 Å². The Morgan fingerprint density at radius 2 is 2.09 bits per heavy atom. The fourth-order valence-corrected chi connectivity index (χ4v) is 4.43. The minimum Gasteiger partial charge on any atom is -0.350 e. The molecule has 2 aliphatic heterocycles. The van der Waals surface area contributed by atoms with Crippen molar-refractivity contribution in [2.75, 3.05) is 22.9 Å². The Morgan fingerprint density at radius 3 is 2.95 bits per heavy atom. The average Bonchev–Trinajstić information content (AvgIpc) is 3.23. The molecule has 4 heteroatoms. The lowest BCUT2D eigenvalue weighted by molar-refractivity contribution is -0.119. The zero-order valence-electron chi connectivity index (χ0n) is 13.2. The van der Waals surface area contributed by atoms with E-state index in [-0.39, 0.29) is 0 Å². The third-order valence-electron chi connectivity index (χ3n) is 5.64. The number of carbonyl (C=O) groups excluding carboxylic acids is 1. The molecule has 4 nitrogen and oxygen atoms in total. The Kier molecular flexibility index (Phi) is 3.77. The summed E-state index contributed by atoms with van der Waals surface area (Å²) in [5, 5.41) is 0. The number of pyridine rings is 1. The minimum absolute atomic E-state index is 0.299. The largest absolute Gasteiger partial charge is 0.350 e. The summed E-state index contributed by atoms with van der Waals surface area (Å²) in [7, 11) is 0. The van der Waals surface area contributed by atoms with Gasteiger partial charge in [0.25, 0.3) is 0 Å². The van der Waals surface area contributed by atoms with E-state index in [1.807, 2.05) is 17.2 Å². The zero-order chi connectivity index (χ0) is 14.9. The average molecular weight is 299 g/mol. The molecule has 0 unspecified atom stereocenters. The highest BCUT2D eigenvalue weighted by Crippen LogP contribution is 2.38. The van der Waals surface area contributed by atoms with Gasteiger partial charge in [-0.25, -0.2) is 4.98 Å². The second-order valence-electron chi connectivity index (χ2n) is 7.03. The van der Waals surface area contributed by atoms with Crippen LogP contribution in [0, 0.1) is 5.92 Å². The molecule has 3 heterocycles. The van der Waals surface area contributed by atoms with Gasteiger partial charge in [-0.2, -0.15) is 0 Å². The second kappa shape index (κ2) is 5.90. The molecular formula is C18H25N3O. The summed E-state index contributed by atoms with van der Waals surface area (Å²) in [6.45, 7) is 1.93. The van der Waals surface area contributed by atoms with Crippen LogP contribution in [0.1, 0.15) is 51.4 Å². The number of anilines is 2. The maximum atomic E-state index is 12.8. The van der Waals surface area contributed by atoms with Crippen LogP contribution < -0.4 is 9.80 Å². The highest BCUT2D eigenvalue weighted by Gasteiger charge is 2.36. The molecule has 2 fully saturated rings. The minimum atomic E-state index is 0.299. The SMILES string of the molecule is O=C(CCC1CCCC1)N1C[C@@H]2CCCN2c2ncccc21. The van der Waals surface area contributed by atoms with E-state index in [2.05, 4.69) is 16.0 Å². The molecule has 0 aromatic carbocycles. The molecule has 1 aliphatic carbocycles. The Hall–Kier alpha value is -1.58. The molecule has 1 saturated heterocycles. The number of rotatable bonds is 3. The summed E-state index contributed by atoms with van der Waals surface area (Å²) >= 11 is 0. The quantitative estimate of drug-likeness (QED) is 0.858. The van der Waals surface area contributed by atoms with E-state index in [1.165, 1.54) is 38.5 Å². The smallest absolute Gasteiger partial charge is 0.227 e. The predicted octanol–water partition coefficient (Wildman–Crippen LogP) is 3.37. The van der Waals surface area contributed by atoms with Gasteiger partial charge < -0.3 is 9.80 Å². The summed E-state index contributed by atoms with van der Waals surface area (Å²) in [6, 6.07) is 4.48. The van der Waals surface area contributed by atoms with Crippen LogP contribution in [-0.4, -0.2) is 30.0 Å². The maximum absolute atomic E-state index is 12.8. The van der Waals surface area contributed by atoms with Crippen molar-refractivity contribution in [1.29, 1.82) is 0 Å². The summed E-state index contributed by atoms with van der Waals surface area (Å²) in [5.41, 5.74) is 1.03. The van der Waals surface area contributed by atoms with Crippen LogP contribution in [0.4, 0.5) is 11.5 Å². The Bertz CT molecular complexity index is 553. The highest BCUT2D eigenvalue weighted by molar-refractivity contribution is 5.97. The van der Waals surface area contributed by atoms with Crippen LogP contribution >= 0.6 is 0 Å². The first-order chi connectivity index (χ1) is 10.8. The first kappa shape index (κ1) is 14.0. The molecule has 0 bridgehead atoms. The molecule has 1 aromatic rings. The predicted molar refractivity (Wildman–Crippen MR) is 88.2 cm³/mol. The van der Waals surface area contributed by atoms with E-state index >= 15 is 0 Å². The molecule has 0 N–H and O–H groups in total. The summed E-state index contributed by atoms with van der Waals surface area (Å²) < 4.78 is 0. The Morgan fingerprint density at radius 1 is 1.23 bits per heavy atom. The van der Waals surface area contributed by atoms with Crippen molar-refractivity contribution < 1.29 is 4.79 Å². The van der Waals surface area contributed by atoms with Crippen molar-refractivity contribution in [1.82, 2.24) is 4.98 Å². The third kappa shape index (κ3) is 2.49. The van der Waals surface area contributed by atoms with E-state index in [9.17, 15) is 4.79 Å². The van der Waals surface area contributed by atoms with E-state index in [4.69, 9.17) is 0 Å². The van der Waals surface area contributed by atoms with Crippen molar-refractivity contribution in [3.05, 3.63) is 18.3 Å². The maximum Gasteiger partial charge on any atom is 0.227 e. The molecule has 3 aliphatic rings. The fraction of sp³-hybridized carbons (Fsp3) is 0.667. The van der Waals surface area contributed by atoms with Crippen LogP contribution in [0.2, 0.25) is 0 Å². The molecule has 0 spiro atoms. The van der Waals surface area contributed by atoms with Gasteiger partial charge in [0.1, 0.15) is 0 Å². The van der Waals surface area contributed by atoms with Gasteiger partial charge in [0, 0.05) is 31.7 Å². The van der Waals surface area contributed by atoms with Gasteiger partial charge in [-0.3, -0.25) is 4.79 Å². The van der Waals surface area contributed by atoms with Gasteiger partial charge >= 0.3 is 0 Å². The van der Waals surface area contributed by atoms with Crippen molar-refractivity contribution in [2.24, 2.45) is 5.92 Å². The number of fused-ring (bicyclic) bond motifs is 3. The molecule has 0 radical (unpaired) electrons. The van der Waals surface area contributed by atoms with Crippen LogP contribution in [0.15, 0.2) is 18.3 Å². The number of hydrogen-bond donors (Lipinski definition) is 0. The van der Waals surface area contributed by atoms with Crippen LogP contribution in [0.3, 0.4) is 0 Å². The van der Waals surface area contributed by atoms with Crippen molar-refractivity contribution in [3.63, 3.8) is 0 Å². The van der Waals surface area contributed by atoms with Crippen molar-refractivity contribution in [3.8, 4) is 0 Å². The van der Waals surface area contributed by atoms with Crippen molar-refractivity contribution in [2.45, 2.75) is 57.4 Å². The number of amides is 1. The number of aromatic nitrogens is 1. The van der Waals surface area contributed by atoms with Gasteiger partial charge in [0.15, 0.2) is 5.82 Å². The van der Waals surface area contributed by atoms with Gasteiger partial charge in [-0.15, -0.1) is 0 Å². The third-order valence-corrected chi connectivity index (χ3v) is 5.64. The van der Waals surface area contributed by atoms with E-state index in [0.717, 1.165) is 36.9 Å². The summed E-state index contributed by atoms with van der Waals surface area (Å²) in [6.07, 6.45) is 11.4. The van der Waals surface area contributed by atoms with Crippen LogP contribution in [0.25, 0.3) is 0 Å². The summed E-state index contributed by atoms with van der Waals surface area (Å²) in [4.78, 5) is 21.8. The number of hydrogen-bond acceptors (Lipinski definition) is 3. The van der Waals surface area contributed by atoms with Gasteiger partial charge in [0.2, 0.25) is 5.91 Å². The summed E-state index contributed by atoms with van der Waals surface area (Å²) in [5.74, 6) is 2.10. The lowest BCUT2D eigenvalue weighted by atomic mass is 10.0. The van der Waals surface area contributed by atoms with Crippen LogP contribution in [0.5, 0.6) is 0 Å². The molecular weight excluding hydrogens is 274 g/mol. The zero-order valence-corrected chi connectivity index (χ0v) is 13.2. The Balaban J connectivity index is 1.51. The molecule has 1 saturated carbocycles. The number of nitrogens with zero attached hydrogens (tertiary/aromatic N) is 3. The molecule has 1 atom stereocenters.